The summed E-state index contributed by atoms with van der Waals surface area (Å²) < 4.78 is 13.9. The zero-order valence-electron chi connectivity index (χ0n) is 21.4. The van der Waals surface area contributed by atoms with Crippen LogP contribution in [0.3, 0.4) is 0 Å². The number of carbonyl (C=O) groups excluding carboxylic acids is 1. The van der Waals surface area contributed by atoms with Crippen molar-refractivity contribution in [3.8, 4) is 6.07 Å². The maximum absolute atomic E-state index is 13.5. The Morgan fingerprint density at radius 3 is 2.58 bits per heavy atom. The van der Waals surface area contributed by atoms with Gasteiger partial charge in [-0.3, -0.25) is 19.1 Å². The molecule has 0 spiro atoms. The minimum absolute atomic E-state index is 0.00149. The van der Waals surface area contributed by atoms with E-state index in [-0.39, 0.29) is 35.3 Å². The predicted octanol–water partition coefficient (Wildman–Crippen LogP) is 3.82. The number of nitriles is 1. The molecule has 36 heavy (non-hydrogen) atoms. The highest BCUT2D eigenvalue weighted by Gasteiger charge is 2.36. The van der Waals surface area contributed by atoms with Gasteiger partial charge in [0.05, 0.1) is 29.8 Å². The summed E-state index contributed by atoms with van der Waals surface area (Å²) in [6.45, 7) is 10.8. The van der Waals surface area contributed by atoms with Crippen molar-refractivity contribution in [2.75, 3.05) is 31.1 Å². The highest BCUT2D eigenvalue weighted by atomic mass is 32.2. The van der Waals surface area contributed by atoms with Crippen LogP contribution in [0, 0.1) is 18.3 Å². The van der Waals surface area contributed by atoms with Crippen molar-refractivity contribution < 1.29 is 14.3 Å². The summed E-state index contributed by atoms with van der Waals surface area (Å²) >= 11 is 6.82. The van der Waals surface area contributed by atoms with Gasteiger partial charge < -0.3 is 14.4 Å². The van der Waals surface area contributed by atoms with Gasteiger partial charge in [0, 0.05) is 31.8 Å². The number of carbonyl (C=O) groups is 1. The number of thiocarbonyl (C=S) groups is 1. The number of nitrogens with zero attached hydrogens (tertiary/aromatic N) is 4. The number of thioether (sulfide) groups is 1. The molecule has 1 aromatic heterocycles. The van der Waals surface area contributed by atoms with E-state index in [9.17, 15) is 14.9 Å². The van der Waals surface area contributed by atoms with Crippen molar-refractivity contribution in [2.45, 2.75) is 78.2 Å². The summed E-state index contributed by atoms with van der Waals surface area (Å²) in [7, 11) is 0. The summed E-state index contributed by atoms with van der Waals surface area (Å²) in [5.74, 6) is 0.593. The minimum atomic E-state index is -0.284. The second-order valence-electron chi connectivity index (χ2n) is 9.75. The number of rotatable bonds is 7. The molecule has 1 amide bonds. The molecule has 10 heteroatoms. The molecule has 0 radical (unpaired) electrons. The molecule has 0 bridgehead atoms. The van der Waals surface area contributed by atoms with Gasteiger partial charge in [0.25, 0.3) is 11.5 Å². The van der Waals surface area contributed by atoms with E-state index >= 15 is 0 Å². The van der Waals surface area contributed by atoms with Gasteiger partial charge in [0.2, 0.25) is 0 Å². The van der Waals surface area contributed by atoms with Crippen LogP contribution in [0.25, 0.3) is 6.08 Å². The molecule has 3 fully saturated rings. The van der Waals surface area contributed by atoms with Crippen LogP contribution >= 0.6 is 24.0 Å². The summed E-state index contributed by atoms with van der Waals surface area (Å²) in [6, 6.07) is 2.12. The maximum Gasteiger partial charge on any atom is 0.270 e. The van der Waals surface area contributed by atoms with Crippen LogP contribution in [0.1, 0.15) is 63.1 Å². The Bertz CT molecular complexity index is 1160. The van der Waals surface area contributed by atoms with E-state index in [1.165, 1.54) is 11.8 Å². The van der Waals surface area contributed by atoms with Crippen LogP contribution < -0.4 is 10.5 Å². The molecule has 1 aromatic rings. The smallest absolute Gasteiger partial charge is 0.270 e. The Balaban J connectivity index is 1.83. The number of amides is 1. The topological polar surface area (TPSA) is 87.8 Å². The van der Waals surface area contributed by atoms with Gasteiger partial charge in [-0.05, 0) is 51.7 Å². The number of pyridine rings is 1. The standard InChI is InChI=1S/C26H34N4O4S2/c1-5-6-9-29-23(28-13-16(2)34-17(3)14-28)20(18(4)21(12-27)24(29)31)11-22-25(32)30(26(35)36-22)15-19-8-7-10-33-19/h11,16-17,19H,5-10,13-15H2,1-4H3. The molecule has 3 unspecified atom stereocenters. The normalized spacial score (nSPS) is 25.8. The first-order valence-corrected chi connectivity index (χ1v) is 13.9. The minimum Gasteiger partial charge on any atom is -0.376 e. The summed E-state index contributed by atoms with van der Waals surface area (Å²) in [4.78, 5) is 31.2. The largest absolute Gasteiger partial charge is 0.376 e. The van der Waals surface area contributed by atoms with Gasteiger partial charge in [-0.2, -0.15) is 5.26 Å². The monoisotopic (exact) mass is 530 g/mol. The number of hydrogen-bond donors (Lipinski definition) is 0. The van der Waals surface area contributed by atoms with Gasteiger partial charge in [-0.1, -0.05) is 37.3 Å². The molecule has 3 aliphatic rings. The van der Waals surface area contributed by atoms with Crippen molar-refractivity contribution in [2.24, 2.45) is 0 Å². The number of ether oxygens (including phenoxy) is 2. The van der Waals surface area contributed by atoms with E-state index in [0.717, 1.165) is 37.1 Å². The number of hydrogen-bond acceptors (Lipinski definition) is 8. The van der Waals surface area contributed by atoms with Crippen molar-refractivity contribution >= 4 is 46.1 Å². The quantitative estimate of drug-likeness (QED) is 0.388. The SMILES string of the molecule is CCCCn1c(N2CC(C)OC(C)C2)c(C=C2SC(=S)N(CC3CCCO3)C2=O)c(C)c(C#N)c1=O. The molecule has 0 aromatic carbocycles. The molecule has 4 heterocycles. The first kappa shape index (κ1) is 26.9. The summed E-state index contributed by atoms with van der Waals surface area (Å²) in [6.07, 6.45) is 5.42. The second-order valence-corrected chi connectivity index (χ2v) is 11.4. The number of unbranched alkanes of at least 4 members (excludes halogenated alkanes) is 1. The third kappa shape index (κ3) is 5.40. The molecule has 0 aliphatic carbocycles. The molecular weight excluding hydrogens is 496 g/mol. The lowest BCUT2D eigenvalue weighted by molar-refractivity contribution is -0.123. The van der Waals surface area contributed by atoms with E-state index in [2.05, 4.69) is 17.9 Å². The first-order valence-electron chi connectivity index (χ1n) is 12.7. The van der Waals surface area contributed by atoms with Crippen molar-refractivity contribution in [3.63, 3.8) is 0 Å². The van der Waals surface area contributed by atoms with Crippen LogP contribution in [0.5, 0.6) is 0 Å². The third-order valence-electron chi connectivity index (χ3n) is 6.86. The van der Waals surface area contributed by atoms with E-state index in [1.54, 1.807) is 16.4 Å². The number of aromatic nitrogens is 1. The Hall–Kier alpha value is -2.19. The molecule has 0 N–H and O–H groups in total. The van der Waals surface area contributed by atoms with Gasteiger partial charge >= 0.3 is 0 Å². The van der Waals surface area contributed by atoms with E-state index in [0.29, 0.717) is 47.6 Å². The van der Waals surface area contributed by atoms with Crippen molar-refractivity contribution in [3.05, 3.63) is 31.9 Å². The van der Waals surface area contributed by atoms with Gasteiger partial charge in [-0.25, -0.2) is 0 Å². The Morgan fingerprint density at radius 1 is 1.25 bits per heavy atom. The van der Waals surface area contributed by atoms with E-state index in [1.807, 2.05) is 19.9 Å². The lowest BCUT2D eigenvalue weighted by Gasteiger charge is -2.39. The van der Waals surface area contributed by atoms with Gasteiger partial charge in [0.1, 0.15) is 21.8 Å². The zero-order chi connectivity index (χ0) is 26.0. The van der Waals surface area contributed by atoms with Crippen LogP contribution in [0.4, 0.5) is 5.82 Å². The molecular formula is C26H34N4O4S2. The summed E-state index contributed by atoms with van der Waals surface area (Å²) in [5, 5.41) is 9.88. The molecule has 0 saturated carbocycles. The van der Waals surface area contributed by atoms with E-state index < -0.39 is 0 Å². The molecule has 3 atom stereocenters. The Labute approximate surface area is 222 Å². The average molecular weight is 531 g/mol. The zero-order valence-corrected chi connectivity index (χ0v) is 23.0. The Kier molecular flexibility index (Phi) is 8.56. The lowest BCUT2D eigenvalue weighted by Crippen LogP contribution is -2.48. The highest BCUT2D eigenvalue weighted by Crippen LogP contribution is 2.37. The first-order chi connectivity index (χ1) is 17.2. The second kappa shape index (κ2) is 11.5. The fourth-order valence-electron chi connectivity index (χ4n) is 5.14. The fraction of sp³-hybridized carbons (Fsp3) is 0.615. The lowest BCUT2D eigenvalue weighted by atomic mass is 10.0. The van der Waals surface area contributed by atoms with Gasteiger partial charge in [0.15, 0.2) is 0 Å². The van der Waals surface area contributed by atoms with Crippen LogP contribution in [-0.2, 0) is 20.8 Å². The molecule has 3 saturated heterocycles. The Morgan fingerprint density at radius 2 is 1.97 bits per heavy atom. The van der Waals surface area contributed by atoms with Crippen LogP contribution in [-0.4, -0.2) is 64.2 Å². The fourth-order valence-corrected chi connectivity index (χ4v) is 6.40. The molecule has 8 nitrogen and oxygen atoms in total. The van der Waals surface area contributed by atoms with Crippen molar-refractivity contribution in [1.82, 2.24) is 9.47 Å². The van der Waals surface area contributed by atoms with Crippen LogP contribution in [0.2, 0.25) is 0 Å². The maximum atomic E-state index is 13.5. The number of anilines is 1. The summed E-state index contributed by atoms with van der Waals surface area (Å²) in [5.41, 5.74) is 1.14. The average Bonchev–Trinajstić information content (AvgIpc) is 3.43. The van der Waals surface area contributed by atoms with Gasteiger partial charge in [-0.15, -0.1) is 0 Å². The molecule has 4 rings (SSSR count). The van der Waals surface area contributed by atoms with Crippen LogP contribution in [0.15, 0.2) is 9.70 Å². The molecule has 194 valence electrons. The predicted molar refractivity (Wildman–Crippen MR) is 146 cm³/mol. The third-order valence-corrected chi connectivity index (χ3v) is 8.24. The number of morpholine rings is 1. The molecule has 3 aliphatic heterocycles. The van der Waals surface area contributed by atoms with Crippen molar-refractivity contribution in [1.29, 1.82) is 5.26 Å². The van der Waals surface area contributed by atoms with E-state index in [4.69, 9.17) is 21.7 Å². The highest BCUT2D eigenvalue weighted by molar-refractivity contribution is 8.26.